The van der Waals surface area contributed by atoms with Gasteiger partial charge in [-0.25, -0.2) is 9.78 Å². The first-order valence-corrected chi connectivity index (χ1v) is 15.3. The number of hydrogen-bond donors (Lipinski definition) is 3. The van der Waals surface area contributed by atoms with Crippen LogP contribution in [0.2, 0.25) is 0 Å². The Bertz CT molecular complexity index is 1480. The second-order valence-electron chi connectivity index (χ2n) is 11.2. The van der Waals surface area contributed by atoms with Gasteiger partial charge in [-0.3, -0.25) is 0 Å². The highest BCUT2D eigenvalue weighted by Gasteiger charge is 2.42. The van der Waals surface area contributed by atoms with E-state index in [1.54, 1.807) is 18.2 Å². The van der Waals surface area contributed by atoms with Gasteiger partial charge in [0.2, 0.25) is 0 Å². The van der Waals surface area contributed by atoms with E-state index in [4.69, 9.17) is 9.82 Å². The molecule has 0 radical (unpaired) electrons. The number of nitrogens with zero attached hydrogens (tertiary/aromatic N) is 2. The number of carboxylic acids is 1. The molecule has 2 heterocycles. The number of hydrogen-bond acceptors (Lipinski definition) is 7. The second-order valence-corrected chi connectivity index (χ2v) is 12.2. The van der Waals surface area contributed by atoms with Crippen LogP contribution in [0, 0.1) is 12.8 Å². The molecule has 226 valence electrons. The van der Waals surface area contributed by atoms with Gasteiger partial charge in [0.25, 0.3) is 0 Å². The number of benzene rings is 2. The van der Waals surface area contributed by atoms with Crippen LogP contribution in [-0.2, 0) is 11.0 Å². The fraction of sp³-hybridized carbons (Fsp3) is 0.484. The van der Waals surface area contributed by atoms with Crippen LogP contribution >= 0.6 is 11.3 Å². The molecule has 1 aromatic heterocycles. The van der Waals surface area contributed by atoms with Gasteiger partial charge in [-0.15, -0.1) is 5.48 Å². The van der Waals surface area contributed by atoms with Gasteiger partial charge in [0, 0.05) is 36.7 Å². The molecule has 2 aliphatic rings. The lowest BCUT2D eigenvalue weighted by Gasteiger charge is -2.31. The Morgan fingerprint density at radius 1 is 1.26 bits per heavy atom. The minimum absolute atomic E-state index is 0.107. The standard InChI is InChI=1S/C31H37F3N4O3S/c1-5-21(14-18(4)38(6-2)30-36-26-17(3)13-20(29(39)40)15-25(26)42-30)35-16-23-27(37-41-28(23)19-11-12-19)22-9-7-8-10-24(22)31(32,33)34/h7-10,13,15,18-19,21,27,35,37H,5-6,11-12,14,16H2,1-4H3,(H,39,40). The molecule has 2 aromatic carbocycles. The Morgan fingerprint density at radius 2 is 2.00 bits per heavy atom. The molecule has 1 aliphatic heterocycles. The van der Waals surface area contributed by atoms with Crippen LogP contribution in [-0.4, -0.2) is 41.2 Å². The number of fused-ring (bicyclic) bond motifs is 1. The van der Waals surface area contributed by atoms with Crippen LogP contribution in [0.15, 0.2) is 47.7 Å². The van der Waals surface area contributed by atoms with E-state index in [0.29, 0.717) is 6.54 Å². The highest BCUT2D eigenvalue weighted by Crippen LogP contribution is 2.46. The van der Waals surface area contributed by atoms with Crippen molar-refractivity contribution in [3.8, 4) is 0 Å². The molecule has 3 unspecified atom stereocenters. The number of aromatic carboxylic acids is 1. The van der Waals surface area contributed by atoms with Crippen molar-refractivity contribution in [2.75, 3.05) is 18.0 Å². The largest absolute Gasteiger partial charge is 0.478 e. The molecule has 3 aromatic rings. The summed E-state index contributed by atoms with van der Waals surface area (Å²) < 4.78 is 42.4. The maximum Gasteiger partial charge on any atom is 0.416 e. The Morgan fingerprint density at radius 3 is 2.64 bits per heavy atom. The minimum atomic E-state index is -4.46. The molecule has 7 nitrogen and oxygen atoms in total. The van der Waals surface area contributed by atoms with E-state index in [-0.39, 0.29) is 29.1 Å². The van der Waals surface area contributed by atoms with Gasteiger partial charge in [-0.1, -0.05) is 36.5 Å². The number of aromatic nitrogens is 1. The van der Waals surface area contributed by atoms with E-state index in [1.807, 2.05) is 6.92 Å². The summed E-state index contributed by atoms with van der Waals surface area (Å²) in [7, 11) is 0. The lowest BCUT2D eigenvalue weighted by Crippen LogP contribution is -2.40. The summed E-state index contributed by atoms with van der Waals surface area (Å²) in [4.78, 5) is 24.4. The van der Waals surface area contributed by atoms with E-state index < -0.39 is 23.8 Å². The molecule has 3 N–H and O–H groups in total. The van der Waals surface area contributed by atoms with Crippen LogP contribution in [0.5, 0.6) is 0 Å². The van der Waals surface area contributed by atoms with Gasteiger partial charge in [0.15, 0.2) is 5.13 Å². The Balaban J connectivity index is 1.32. The predicted molar refractivity (Wildman–Crippen MR) is 159 cm³/mol. The maximum absolute atomic E-state index is 13.9. The monoisotopic (exact) mass is 602 g/mol. The molecule has 0 bridgehead atoms. The third-order valence-corrected chi connectivity index (χ3v) is 9.26. The van der Waals surface area contributed by atoms with Gasteiger partial charge in [-0.05, 0) is 75.8 Å². The molecule has 3 atom stereocenters. The summed E-state index contributed by atoms with van der Waals surface area (Å²) in [6, 6.07) is 8.57. The quantitative estimate of drug-likeness (QED) is 0.202. The highest BCUT2D eigenvalue weighted by atomic mass is 32.1. The maximum atomic E-state index is 13.9. The molecule has 0 saturated heterocycles. The van der Waals surface area contributed by atoms with E-state index >= 15 is 0 Å². The van der Waals surface area contributed by atoms with Crippen molar-refractivity contribution in [3.05, 3.63) is 70.0 Å². The summed E-state index contributed by atoms with van der Waals surface area (Å²) in [5, 5.41) is 13.9. The molecule has 1 aliphatic carbocycles. The average molecular weight is 603 g/mol. The third kappa shape index (κ3) is 6.28. The minimum Gasteiger partial charge on any atom is -0.478 e. The molecule has 5 rings (SSSR count). The highest BCUT2D eigenvalue weighted by molar-refractivity contribution is 7.22. The van der Waals surface area contributed by atoms with Crippen molar-refractivity contribution in [1.82, 2.24) is 15.8 Å². The molecule has 0 amide bonds. The van der Waals surface area contributed by atoms with Crippen molar-refractivity contribution < 1.29 is 27.9 Å². The van der Waals surface area contributed by atoms with E-state index in [9.17, 15) is 23.1 Å². The fourth-order valence-electron chi connectivity index (χ4n) is 5.79. The Labute approximate surface area is 247 Å². The van der Waals surface area contributed by atoms with Crippen molar-refractivity contribution in [2.45, 2.75) is 77.7 Å². The fourth-order valence-corrected chi connectivity index (χ4v) is 7.04. The normalized spacial score (nSPS) is 18.8. The van der Waals surface area contributed by atoms with Crippen molar-refractivity contribution in [1.29, 1.82) is 0 Å². The molecule has 1 saturated carbocycles. The molecule has 1 fully saturated rings. The van der Waals surface area contributed by atoms with Crippen molar-refractivity contribution in [2.24, 2.45) is 5.92 Å². The van der Waals surface area contributed by atoms with E-state index in [0.717, 1.165) is 70.5 Å². The molecule has 0 spiro atoms. The number of anilines is 1. The van der Waals surface area contributed by atoms with Crippen LogP contribution in [0.3, 0.4) is 0 Å². The first-order chi connectivity index (χ1) is 20.0. The zero-order valence-electron chi connectivity index (χ0n) is 24.2. The lowest BCUT2D eigenvalue weighted by atomic mass is 9.93. The zero-order chi connectivity index (χ0) is 30.2. The number of nitrogens with one attached hydrogen (secondary N) is 2. The topological polar surface area (TPSA) is 86.7 Å². The SMILES string of the molecule is CCC(CC(C)N(CC)c1nc2c(C)cc(C(=O)O)cc2s1)NCC1=C(C2CC2)ONC1c1ccccc1C(F)(F)F. The Kier molecular flexibility index (Phi) is 8.82. The van der Waals surface area contributed by atoms with Crippen LogP contribution in [0.1, 0.15) is 79.5 Å². The average Bonchev–Trinajstić information content (AvgIpc) is 3.56. The number of aryl methyl sites for hydroxylation is 1. The lowest BCUT2D eigenvalue weighted by molar-refractivity contribution is -0.138. The van der Waals surface area contributed by atoms with Crippen LogP contribution in [0.4, 0.5) is 18.3 Å². The number of allylic oxidation sites excluding steroid dienone is 1. The first kappa shape index (κ1) is 30.3. The second kappa shape index (κ2) is 12.2. The van der Waals surface area contributed by atoms with Gasteiger partial charge >= 0.3 is 12.1 Å². The summed E-state index contributed by atoms with van der Waals surface area (Å²) in [6.07, 6.45) is -0.873. The molecular formula is C31H37F3N4O3S. The van der Waals surface area contributed by atoms with Crippen molar-refractivity contribution >= 4 is 32.7 Å². The van der Waals surface area contributed by atoms with Gasteiger partial charge in [0.05, 0.1) is 27.4 Å². The number of carbonyl (C=O) groups is 1. The summed E-state index contributed by atoms with van der Waals surface area (Å²) >= 11 is 1.49. The number of hydroxylamine groups is 1. The number of thiazole rings is 1. The van der Waals surface area contributed by atoms with Gasteiger partial charge < -0.3 is 20.2 Å². The van der Waals surface area contributed by atoms with Crippen LogP contribution in [0.25, 0.3) is 10.2 Å². The summed E-state index contributed by atoms with van der Waals surface area (Å²) in [5.41, 5.74) is 5.16. The summed E-state index contributed by atoms with van der Waals surface area (Å²) in [5.74, 6) is 0.0590. The number of alkyl halides is 3. The number of halogens is 3. The zero-order valence-corrected chi connectivity index (χ0v) is 25.0. The van der Waals surface area contributed by atoms with Crippen LogP contribution < -0.4 is 15.7 Å². The van der Waals surface area contributed by atoms with Gasteiger partial charge in [-0.2, -0.15) is 13.2 Å². The summed E-state index contributed by atoms with van der Waals surface area (Å²) in [6.45, 7) is 9.35. The molecular weight excluding hydrogens is 565 g/mol. The predicted octanol–water partition coefficient (Wildman–Crippen LogP) is 7.24. The van der Waals surface area contributed by atoms with E-state index in [1.165, 1.54) is 23.5 Å². The first-order valence-electron chi connectivity index (χ1n) is 14.5. The van der Waals surface area contributed by atoms with E-state index in [2.05, 4.69) is 36.5 Å². The molecule has 11 heteroatoms. The van der Waals surface area contributed by atoms with Crippen molar-refractivity contribution in [3.63, 3.8) is 0 Å². The van der Waals surface area contributed by atoms with Gasteiger partial charge in [0.1, 0.15) is 5.76 Å². The smallest absolute Gasteiger partial charge is 0.416 e. The molecule has 42 heavy (non-hydrogen) atoms. The third-order valence-electron chi connectivity index (χ3n) is 8.22. The number of carboxylic acid groups (broad SMARTS) is 1. The number of rotatable bonds is 12. The Hall–Kier alpha value is -3.15.